The van der Waals surface area contributed by atoms with Gasteiger partial charge in [0.15, 0.2) is 0 Å². The Morgan fingerprint density at radius 2 is 2.04 bits per heavy atom. The second-order valence-electron chi connectivity index (χ2n) is 7.56. The number of nitrogens with zero attached hydrogens (tertiary/aromatic N) is 2. The van der Waals surface area contributed by atoms with E-state index in [1.54, 1.807) is 4.90 Å². The summed E-state index contributed by atoms with van der Waals surface area (Å²) in [5.41, 5.74) is 8.86. The Morgan fingerprint density at radius 3 is 2.73 bits per heavy atom. The van der Waals surface area contributed by atoms with Crippen molar-refractivity contribution in [3.8, 4) is 0 Å². The number of fused-ring (bicyclic) bond motifs is 1. The lowest BCUT2D eigenvalue weighted by Crippen LogP contribution is -2.52. The van der Waals surface area contributed by atoms with Crippen molar-refractivity contribution in [2.24, 2.45) is 5.73 Å². The summed E-state index contributed by atoms with van der Waals surface area (Å²) in [7, 11) is 0. The molecule has 0 aliphatic carbocycles. The number of hydrogen-bond donors (Lipinski definition) is 2. The van der Waals surface area contributed by atoms with Gasteiger partial charge in [-0.3, -0.25) is 24.6 Å². The number of piperidine rings is 1. The van der Waals surface area contributed by atoms with E-state index in [-0.39, 0.29) is 30.2 Å². The van der Waals surface area contributed by atoms with Gasteiger partial charge in [-0.2, -0.15) is 0 Å². The number of benzene rings is 1. The maximum atomic E-state index is 12.7. The average molecular weight is 356 g/mol. The smallest absolute Gasteiger partial charge is 0.255 e. The van der Waals surface area contributed by atoms with E-state index in [4.69, 9.17) is 5.73 Å². The summed E-state index contributed by atoms with van der Waals surface area (Å²) in [5, 5.41) is 2.33. The fraction of sp³-hybridized carbons (Fsp3) is 0.526. The summed E-state index contributed by atoms with van der Waals surface area (Å²) >= 11 is 0. The quantitative estimate of drug-likeness (QED) is 0.763. The molecule has 0 aromatic heterocycles. The standard InChI is InChI=1S/C19H24N4O3/c1-11-15(20)6-7-22(11)9-12-2-3-14-13(8-12)10-23(19(14)26)16-4-5-17(24)21-18(16)25/h2-3,8,11,15-16H,4-7,9-10,20H2,1H3,(H,21,24,25). The van der Waals surface area contributed by atoms with Crippen molar-refractivity contribution in [3.63, 3.8) is 0 Å². The highest BCUT2D eigenvalue weighted by Gasteiger charge is 2.39. The highest BCUT2D eigenvalue weighted by atomic mass is 16.2. The van der Waals surface area contributed by atoms with Gasteiger partial charge in [0.2, 0.25) is 11.8 Å². The van der Waals surface area contributed by atoms with Gasteiger partial charge in [-0.15, -0.1) is 0 Å². The van der Waals surface area contributed by atoms with Crippen LogP contribution >= 0.6 is 0 Å². The zero-order chi connectivity index (χ0) is 18.4. The van der Waals surface area contributed by atoms with Gasteiger partial charge in [-0.25, -0.2) is 0 Å². The number of hydrogen-bond acceptors (Lipinski definition) is 5. The van der Waals surface area contributed by atoms with Crippen LogP contribution in [0, 0.1) is 0 Å². The number of carbonyl (C=O) groups excluding carboxylic acids is 3. The number of carbonyl (C=O) groups is 3. The fourth-order valence-electron chi connectivity index (χ4n) is 4.21. The highest BCUT2D eigenvalue weighted by molar-refractivity contribution is 6.05. The molecule has 0 bridgehead atoms. The normalized spacial score (nSPS) is 29.2. The van der Waals surface area contributed by atoms with E-state index in [2.05, 4.69) is 23.2 Å². The van der Waals surface area contributed by atoms with Crippen LogP contribution in [0.4, 0.5) is 0 Å². The van der Waals surface area contributed by atoms with Crippen molar-refractivity contribution in [1.29, 1.82) is 0 Å². The van der Waals surface area contributed by atoms with E-state index in [0.29, 0.717) is 24.6 Å². The molecule has 3 atom stereocenters. The molecule has 3 aliphatic rings. The van der Waals surface area contributed by atoms with Gasteiger partial charge in [-0.1, -0.05) is 12.1 Å². The van der Waals surface area contributed by atoms with Gasteiger partial charge in [0.25, 0.3) is 5.91 Å². The first-order chi connectivity index (χ1) is 12.4. The Balaban J connectivity index is 1.50. The average Bonchev–Trinajstić information content (AvgIpc) is 3.09. The molecular formula is C19H24N4O3. The third kappa shape index (κ3) is 2.91. The first-order valence-electron chi connectivity index (χ1n) is 9.20. The van der Waals surface area contributed by atoms with Crippen LogP contribution in [0.25, 0.3) is 0 Å². The number of amides is 3. The van der Waals surface area contributed by atoms with Crippen LogP contribution in [0.1, 0.15) is 47.7 Å². The molecule has 0 saturated carbocycles. The Morgan fingerprint density at radius 1 is 1.23 bits per heavy atom. The Labute approximate surface area is 152 Å². The Kier molecular flexibility index (Phi) is 4.28. The maximum Gasteiger partial charge on any atom is 0.255 e. The number of nitrogens with one attached hydrogen (secondary N) is 1. The molecule has 1 aromatic rings. The third-order valence-corrected chi connectivity index (χ3v) is 5.92. The zero-order valence-electron chi connectivity index (χ0n) is 14.9. The summed E-state index contributed by atoms with van der Waals surface area (Å²) < 4.78 is 0. The Hall–Kier alpha value is -2.25. The van der Waals surface area contributed by atoms with Crippen LogP contribution in [0.5, 0.6) is 0 Å². The number of rotatable bonds is 3. The van der Waals surface area contributed by atoms with Crippen molar-refractivity contribution < 1.29 is 14.4 Å². The lowest BCUT2D eigenvalue weighted by atomic mass is 10.0. The number of nitrogens with two attached hydrogens (primary N) is 1. The molecule has 1 aromatic carbocycles. The minimum absolute atomic E-state index is 0.127. The maximum absolute atomic E-state index is 12.7. The predicted molar refractivity (Wildman–Crippen MR) is 95.0 cm³/mol. The minimum atomic E-state index is -0.562. The van der Waals surface area contributed by atoms with E-state index in [0.717, 1.165) is 30.6 Å². The van der Waals surface area contributed by atoms with E-state index >= 15 is 0 Å². The second kappa shape index (κ2) is 6.48. The van der Waals surface area contributed by atoms with E-state index in [1.165, 1.54) is 0 Å². The SMILES string of the molecule is CC1C(N)CCN1Cc1ccc2c(c1)CN(C1CCC(=O)NC1=O)C2=O. The molecule has 7 heteroatoms. The molecule has 4 rings (SSSR count). The topological polar surface area (TPSA) is 95.7 Å². The van der Waals surface area contributed by atoms with Crippen LogP contribution in [0.2, 0.25) is 0 Å². The summed E-state index contributed by atoms with van der Waals surface area (Å²) in [6.07, 6.45) is 1.67. The van der Waals surface area contributed by atoms with Crippen LogP contribution in [0.15, 0.2) is 18.2 Å². The van der Waals surface area contributed by atoms with Crippen LogP contribution in [-0.2, 0) is 22.7 Å². The lowest BCUT2D eigenvalue weighted by molar-refractivity contribution is -0.136. The molecule has 3 unspecified atom stereocenters. The summed E-state index contributed by atoms with van der Waals surface area (Å²) in [6.45, 7) is 4.37. The van der Waals surface area contributed by atoms with Crippen LogP contribution < -0.4 is 11.1 Å². The van der Waals surface area contributed by atoms with Crippen molar-refractivity contribution in [3.05, 3.63) is 34.9 Å². The predicted octanol–water partition coefficient (Wildman–Crippen LogP) is 0.369. The van der Waals surface area contributed by atoms with Crippen molar-refractivity contribution in [1.82, 2.24) is 15.1 Å². The molecule has 0 radical (unpaired) electrons. The van der Waals surface area contributed by atoms with Crippen LogP contribution in [0.3, 0.4) is 0 Å². The monoisotopic (exact) mass is 356 g/mol. The van der Waals surface area contributed by atoms with Gasteiger partial charge >= 0.3 is 0 Å². The Bertz CT molecular complexity index is 778. The summed E-state index contributed by atoms with van der Waals surface area (Å²) in [6, 6.07) is 5.92. The molecule has 2 fully saturated rings. The molecule has 2 saturated heterocycles. The van der Waals surface area contributed by atoms with Crippen molar-refractivity contribution >= 4 is 17.7 Å². The molecule has 3 amide bonds. The molecular weight excluding hydrogens is 332 g/mol. The molecule has 26 heavy (non-hydrogen) atoms. The third-order valence-electron chi connectivity index (χ3n) is 5.92. The van der Waals surface area contributed by atoms with E-state index in [1.807, 2.05) is 12.1 Å². The summed E-state index contributed by atoms with van der Waals surface area (Å²) in [5.74, 6) is -0.768. The van der Waals surface area contributed by atoms with Crippen molar-refractivity contribution in [2.45, 2.75) is 57.4 Å². The molecule has 7 nitrogen and oxygen atoms in total. The van der Waals surface area contributed by atoms with Gasteiger partial charge in [0.1, 0.15) is 6.04 Å². The zero-order valence-corrected chi connectivity index (χ0v) is 14.9. The van der Waals surface area contributed by atoms with Gasteiger partial charge in [-0.05, 0) is 37.0 Å². The molecule has 138 valence electrons. The first-order valence-corrected chi connectivity index (χ1v) is 9.20. The number of likely N-dealkylation sites (tertiary alicyclic amines) is 1. The van der Waals surface area contributed by atoms with Crippen LogP contribution in [-0.4, -0.2) is 52.2 Å². The fourth-order valence-corrected chi connectivity index (χ4v) is 4.21. The molecule has 0 spiro atoms. The second-order valence-corrected chi connectivity index (χ2v) is 7.56. The lowest BCUT2D eigenvalue weighted by Gasteiger charge is -2.29. The van der Waals surface area contributed by atoms with E-state index in [9.17, 15) is 14.4 Å². The molecule has 3 aliphatic heterocycles. The van der Waals surface area contributed by atoms with Crippen molar-refractivity contribution in [2.75, 3.05) is 6.54 Å². The van der Waals surface area contributed by atoms with Gasteiger partial charge < -0.3 is 10.6 Å². The largest absolute Gasteiger partial charge is 0.326 e. The van der Waals surface area contributed by atoms with E-state index < -0.39 is 6.04 Å². The van der Waals surface area contributed by atoms with Gasteiger partial charge in [0, 0.05) is 43.7 Å². The molecule has 3 N–H and O–H groups in total. The minimum Gasteiger partial charge on any atom is -0.326 e. The summed E-state index contributed by atoms with van der Waals surface area (Å²) in [4.78, 5) is 40.1. The molecule has 3 heterocycles. The number of imide groups is 1. The highest BCUT2D eigenvalue weighted by Crippen LogP contribution is 2.29. The first kappa shape index (κ1) is 17.2. The van der Waals surface area contributed by atoms with Gasteiger partial charge in [0.05, 0.1) is 0 Å².